The zero-order valence-corrected chi connectivity index (χ0v) is 26.1. The molecule has 236 valence electrons. The van der Waals surface area contributed by atoms with E-state index in [0.29, 0.717) is 52.5 Å². The number of piperidine rings is 1. The Labute approximate surface area is 264 Å². The number of nitrogens with zero attached hydrogens (tertiary/aromatic N) is 5. The molecule has 45 heavy (non-hydrogen) atoms. The molecule has 0 aliphatic carbocycles. The van der Waals surface area contributed by atoms with Crippen molar-refractivity contribution in [2.75, 3.05) is 43.4 Å². The molecule has 4 aliphatic heterocycles. The number of fused-ring (bicyclic) bond motifs is 3. The molecular weight excluding hydrogens is 599 g/mol. The first-order valence-electron chi connectivity index (χ1n) is 16.0. The highest BCUT2D eigenvalue weighted by molar-refractivity contribution is 8.02. The first-order chi connectivity index (χ1) is 21.8. The number of phenolic OH excluding ortho intramolecular Hbond substituents is 1. The number of phenols is 1. The molecule has 4 aliphatic rings. The molecule has 4 saturated heterocycles. The summed E-state index contributed by atoms with van der Waals surface area (Å²) >= 11 is 1.98. The number of thioether (sulfide) groups is 1. The van der Waals surface area contributed by atoms with Crippen LogP contribution < -0.4 is 9.64 Å². The normalized spacial score (nSPS) is 26.6. The Morgan fingerprint density at radius 3 is 2.76 bits per heavy atom. The number of halogens is 3. The summed E-state index contributed by atoms with van der Waals surface area (Å²) in [7, 11) is 0. The van der Waals surface area contributed by atoms with Crippen molar-refractivity contribution < 1.29 is 23.0 Å². The van der Waals surface area contributed by atoms with Crippen LogP contribution in [-0.4, -0.2) is 80.0 Å². The van der Waals surface area contributed by atoms with Crippen molar-refractivity contribution in [3.8, 4) is 23.0 Å². The smallest absolute Gasteiger partial charge is 0.319 e. The van der Waals surface area contributed by atoms with Crippen molar-refractivity contribution in [3.63, 3.8) is 0 Å². The van der Waals surface area contributed by atoms with Gasteiger partial charge >= 0.3 is 6.01 Å². The summed E-state index contributed by atoms with van der Waals surface area (Å²) in [5, 5.41) is 12.2. The number of hydrogen-bond acceptors (Lipinski definition) is 8. The minimum atomic E-state index is -0.896. The molecule has 4 fully saturated rings. The monoisotopic (exact) mass is 635 g/mol. The molecule has 7 nitrogen and oxygen atoms in total. The van der Waals surface area contributed by atoms with Gasteiger partial charge in [0.25, 0.3) is 0 Å². The Morgan fingerprint density at radius 1 is 1.11 bits per heavy atom. The third-order valence-corrected chi connectivity index (χ3v) is 12.0. The van der Waals surface area contributed by atoms with E-state index in [4.69, 9.17) is 9.72 Å². The van der Waals surface area contributed by atoms with Crippen molar-refractivity contribution in [1.29, 1.82) is 0 Å². The maximum absolute atomic E-state index is 16.8. The highest BCUT2D eigenvalue weighted by atomic mass is 32.2. The SMILES string of the molecule is CCc1c(F)ccc2cc(O)cc(-c3ncc4c(N5CCCC6(CCS6)C5)nc(OC[C@@]56CCCN5C[C@H](F)C6)nc4c3F)c12. The Bertz CT molecular complexity index is 1820. The molecule has 6 heterocycles. The summed E-state index contributed by atoms with van der Waals surface area (Å²) in [5.74, 6) is 0.567. The summed E-state index contributed by atoms with van der Waals surface area (Å²) in [4.78, 5) is 18.4. The lowest BCUT2D eigenvalue weighted by atomic mass is 9.93. The van der Waals surface area contributed by atoms with Crippen molar-refractivity contribution in [2.45, 2.75) is 68.3 Å². The predicted molar refractivity (Wildman–Crippen MR) is 171 cm³/mol. The van der Waals surface area contributed by atoms with E-state index in [2.05, 4.69) is 19.8 Å². The van der Waals surface area contributed by atoms with Crippen molar-refractivity contribution >= 4 is 39.3 Å². The van der Waals surface area contributed by atoms with Crippen LogP contribution in [0.15, 0.2) is 30.5 Å². The van der Waals surface area contributed by atoms with Gasteiger partial charge in [-0.25, -0.2) is 13.2 Å². The maximum atomic E-state index is 16.8. The highest BCUT2D eigenvalue weighted by Crippen LogP contribution is 2.48. The minimum Gasteiger partial charge on any atom is -0.508 e. The zero-order chi connectivity index (χ0) is 30.9. The topological polar surface area (TPSA) is 74.6 Å². The van der Waals surface area contributed by atoms with Gasteiger partial charge in [0, 0.05) is 42.6 Å². The Balaban J connectivity index is 1.27. The molecule has 2 aromatic heterocycles. The Morgan fingerprint density at radius 2 is 1.96 bits per heavy atom. The second-order valence-electron chi connectivity index (χ2n) is 13.2. The fraction of sp³-hybridized carbons (Fsp3) is 0.500. The molecule has 8 rings (SSSR count). The molecular formula is C34H36F3N5O2S. The van der Waals surface area contributed by atoms with Gasteiger partial charge in [0.1, 0.15) is 41.4 Å². The summed E-state index contributed by atoms with van der Waals surface area (Å²) in [6.07, 6.45) is 6.58. The molecule has 1 unspecified atom stereocenters. The predicted octanol–water partition coefficient (Wildman–Crippen LogP) is 6.82. The lowest BCUT2D eigenvalue weighted by Gasteiger charge is -2.48. The van der Waals surface area contributed by atoms with E-state index < -0.39 is 23.3 Å². The van der Waals surface area contributed by atoms with Crippen LogP contribution in [0.5, 0.6) is 11.8 Å². The highest BCUT2D eigenvalue weighted by Gasteiger charge is 2.49. The van der Waals surface area contributed by atoms with Crippen molar-refractivity contribution in [3.05, 3.63) is 47.7 Å². The third-order valence-electron chi connectivity index (χ3n) is 10.4. The lowest BCUT2D eigenvalue weighted by molar-refractivity contribution is 0.107. The quantitative estimate of drug-likeness (QED) is 0.248. The standard InChI is InChI=1S/C34H36F3N5O2S/c1-2-23-26(36)6-5-20-13-22(43)14-24(27(20)23)29-28(37)30-25(16-38-29)31(41-10-4-8-34(18-41)9-12-45-34)40-32(39-30)44-19-33-7-3-11-42(33)17-21(35)15-33/h5-6,13-14,16,21,43H,2-4,7-12,15,17-19H2,1H3/t21-,33+,34?/m1/s1. The van der Waals surface area contributed by atoms with E-state index in [-0.39, 0.29) is 34.3 Å². The number of benzene rings is 2. The van der Waals surface area contributed by atoms with Crippen LogP contribution >= 0.6 is 11.8 Å². The van der Waals surface area contributed by atoms with Gasteiger partial charge in [0.05, 0.1) is 10.9 Å². The molecule has 1 N–H and O–H groups in total. The Hall–Kier alpha value is -3.31. The fourth-order valence-electron chi connectivity index (χ4n) is 8.19. The van der Waals surface area contributed by atoms with E-state index in [1.165, 1.54) is 12.1 Å². The molecule has 3 atom stereocenters. The lowest BCUT2D eigenvalue weighted by Crippen LogP contribution is -2.51. The molecule has 4 aromatic rings. The molecule has 0 radical (unpaired) electrons. The molecule has 11 heteroatoms. The van der Waals surface area contributed by atoms with Crippen molar-refractivity contribution in [1.82, 2.24) is 19.9 Å². The van der Waals surface area contributed by atoms with Gasteiger partial charge in [-0.3, -0.25) is 9.88 Å². The van der Waals surface area contributed by atoms with Crippen LogP contribution in [-0.2, 0) is 6.42 Å². The van der Waals surface area contributed by atoms with E-state index in [1.807, 2.05) is 18.7 Å². The van der Waals surface area contributed by atoms with Gasteiger partial charge in [0.15, 0.2) is 5.82 Å². The second-order valence-corrected chi connectivity index (χ2v) is 14.7. The summed E-state index contributed by atoms with van der Waals surface area (Å²) in [6, 6.07) is 5.98. The van der Waals surface area contributed by atoms with Gasteiger partial charge in [0.2, 0.25) is 0 Å². The molecule has 0 saturated carbocycles. The van der Waals surface area contributed by atoms with Crippen LogP contribution in [0.25, 0.3) is 32.9 Å². The van der Waals surface area contributed by atoms with Crippen LogP contribution in [0.4, 0.5) is 19.0 Å². The number of hydrogen-bond donors (Lipinski definition) is 1. The van der Waals surface area contributed by atoms with Crippen LogP contribution in [0.3, 0.4) is 0 Å². The van der Waals surface area contributed by atoms with E-state index in [9.17, 15) is 13.9 Å². The number of ether oxygens (including phenoxy) is 1. The number of anilines is 1. The average molecular weight is 636 g/mol. The first-order valence-corrected chi connectivity index (χ1v) is 17.0. The van der Waals surface area contributed by atoms with Gasteiger partial charge in [-0.05, 0) is 85.4 Å². The van der Waals surface area contributed by atoms with Crippen molar-refractivity contribution in [2.24, 2.45) is 0 Å². The Kier molecular flexibility index (Phi) is 7.05. The summed E-state index contributed by atoms with van der Waals surface area (Å²) < 4.78 is 52.7. The van der Waals surface area contributed by atoms with Crippen LogP contribution in [0.1, 0.15) is 51.0 Å². The largest absolute Gasteiger partial charge is 0.508 e. The average Bonchev–Trinajstić information content (AvgIpc) is 3.55. The van der Waals surface area contributed by atoms with E-state index in [0.717, 1.165) is 57.5 Å². The third kappa shape index (κ3) is 4.80. The second kappa shape index (κ2) is 10.9. The maximum Gasteiger partial charge on any atom is 0.319 e. The number of aryl methyl sites for hydroxylation is 1. The number of aromatic nitrogens is 3. The minimum absolute atomic E-state index is 0.0272. The van der Waals surface area contributed by atoms with Crippen LogP contribution in [0.2, 0.25) is 0 Å². The number of pyridine rings is 1. The number of rotatable bonds is 6. The van der Waals surface area contributed by atoms with Gasteiger partial charge in [-0.2, -0.15) is 21.7 Å². The summed E-state index contributed by atoms with van der Waals surface area (Å²) in [6.45, 7) is 4.88. The van der Waals surface area contributed by atoms with Gasteiger partial charge in [-0.1, -0.05) is 13.0 Å². The van der Waals surface area contributed by atoms with E-state index >= 15 is 4.39 Å². The molecule has 1 spiro atoms. The fourth-order valence-corrected chi connectivity index (χ4v) is 9.50. The number of aromatic hydroxyl groups is 1. The molecule has 0 bridgehead atoms. The first kappa shape index (κ1) is 29.1. The zero-order valence-electron chi connectivity index (χ0n) is 25.3. The number of alkyl halides is 1. The summed E-state index contributed by atoms with van der Waals surface area (Å²) in [5.41, 5.74) is 0.351. The van der Waals surface area contributed by atoms with Gasteiger partial charge in [-0.15, -0.1) is 0 Å². The van der Waals surface area contributed by atoms with E-state index in [1.54, 1.807) is 18.3 Å². The van der Waals surface area contributed by atoms with Crippen LogP contribution in [0, 0.1) is 11.6 Å². The van der Waals surface area contributed by atoms with Gasteiger partial charge < -0.3 is 14.7 Å². The molecule has 0 amide bonds. The molecule has 2 aromatic carbocycles.